The van der Waals surface area contributed by atoms with E-state index in [9.17, 15) is 27.6 Å². The van der Waals surface area contributed by atoms with Crippen LogP contribution in [0.3, 0.4) is 0 Å². The van der Waals surface area contributed by atoms with Crippen molar-refractivity contribution in [3.8, 4) is 0 Å². The van der Waals surface area contributed by atoms with Gasteiger partial charge in [0.25, 0.3) is 16.7 Å². The van der Waals surface area contributed by atoms with Crippen LogP contribution in [0.4, 0.5) is 13.2 Å². The van der Waals surface area contributed by atoms with Crippen molar-refractivity contribution in [3.05, 3.63) is 102 Å². The highest BCUT2D eigenvalue weighted by Crippen LogP contribution is 2.39. The van der Waals surface area contributed by atoms with Crippen molar-refractivity contribution in [2.45, 2.75) is 96.7 Å². The molecule has 0 N–H and O–H groups in total. The lowest BCUT2D eigenvalue weighted by molar-refractivity contribution is -0.195. The molecule has 268 valence electrons. The number of aromatic nitrogens is 3. The Morgan fingerprint density at radius 2 is 1.51 bits per heavy atom. The zero-order valence-corrected chi connectivity index (χ0v) is 29.7. The van der Waals surface area contributed by atoms with Gasteiger partial charge in [0, 0.05) is 94.2 Å². The maximum Gasteiger partial charge on any atom is 0.408 e. The Kier molecular flexibility index (Phi) is 11.4. The first kappa shape index (κ1) is 36.8. The van der Waals surface area contributed by atoms with Crippen LogP contribution in [-0.2, 0) is 25.8 Å². The second-order valence-corrected chi connectivity index (χ2v) is 14.5. The van der Waals surface area contributed by atoms with Gasteiger partial charge >= 0.3 is 6.18 Å². The van der Waals surface area contributed by atoms with E-state index in [1.165, 1.54) is 21.7 Å². The Labute approximate surface area is 286 Å². The highest BCUT2D eigenvalue weighted by Gasteiger charge is 2.46. The molecule has 0 amide bonds. The van der Waals surface area contributed by atoms with E-state index in [4.69, 9.17) is 0 Å². The highest BCUT2D eigenvalue weighted by atomic mass is 19.4. The predicted octanol–water partition coefficient (Wildman–Crippen LogP) is 4.98. The molecule has 2 aliphatic rings. The Morgan fingerprint density at radius 1 is 0.816 bits per heavy atom. The largest absolute Gasteiger partial charge is 0.408 e. The topological polar surface area (TPSA) is 75.7 Å². The van der Waals surface area contributed by atoms with Crippen LogP contribution in [-0.4, -0.2) is 81.4 Å². The van der Waals surface area contributed by atoms with Gasteiger partial charge in [-0.05, 0) is 108 Å². The summed E-state index contributed by atoms with van der Waals surface area (Å²) in [4.78, 5) is 45.0. The molecule has 3 aromatic rings. The molecule has 0 saturated carbocycles. The van der Waals surface area contributed by atoms with E-state index in [1.807, 2.05) is 54.2 Å². The molecule has 0 aromatic carbocycles. The number of hydrogen-bond acceptors (Lipinski definition) is 6. The first-order valence-corrected chi connectivity index (χ1v) is 17.5. The van der Waals surface area contributed by atoms with E-state index in [2.05, 4.69) is 9.80 Å². The summed E-state index contributed by atoms with van der Waals surface area (Å²) < 4.78 is 46.5. The van der Waals surface area contributed by atoms with E-state index in [-0.39, 0.29) is 34.8 Å². The van der Waals surface area contributed by atoms with Crippen LogP contribution in [0.25, 0.3) is 0 Å². The van der Waals surface area contributed by atoms with Crippen molar-refractivity contribution in [3.63, 3.8) is 0 Å². The molecular weight excluding hydrogens is 633 g/mol. The van der Waals surface area contributed by atoms with Gasteiger partial charge in [-0.2, -0.15) is 13.2 Å². The lowest BCUT2D eigenvalue weighted by Gasteiger charge is -2.39. The first-order valence-electron chi connectivity index (χ1n) is 17.5. The molecule has 2 aliphatic heterocycles. The third kappa shape index (κ3) is 8.64. The fourth-order valence-electron chi connectivity index (χ4n) is 7.10. The van der Waals surface area contributed by atoms with Crippen molar-refractivity contribution < 1.29 is 13.2 Å². The second kappa shape index (κ2) is 15.2. The molecule has 3 aromatic heterocycles. The molecule has 0 spiro atoms. The van der Waals surface area contributed by atoms with Crippen molar-refractivity contribution in [1.82, 2.24) is 28.4 Å². The summed E-state index contributed by atoms with van der Waals surface area (Å²) in [7, 11) is 4.05. The van der Waals surface area contributed by atoms with E-state index < -0.39 is 17.8 Å². The molecule has 12 heteroatoms. The number of alkyl halides is 3. The number of halogens is 3. The van der Waals surface area contributed by atoms with E-state index in [0.717, 1.165) is 60.7 Å². The average molecular weight is 685 g/mol. The van der Waals surface area contributed by atoms with Crippen LogP contribution in [0.5, 0.6) is 0 Å². The third-order valence-electron chi connectivity index (χ3n) is 10.2. The molecule has 0 aliphatic carbocycles. The van der Waals surface area contributed by atoms with E-state index >= 15 is 0 Å². The van der Waals surface area contributed by atoms with Crippen molar-refractivity contribution in [2.24, 2.45) is 0 Å². The molecule has 3 unspecified atom stereocenters. The van der Waals surface area contributed by atoms with Crippen molar-refractivity contribution >= 4 is 0 Å². The monoisotopic (exact) mass is 684 g/mol. The number of rotatable bonds is 13. The number of likely N-dealkylation sites (N-methyl/N-ethyl adjacent to an activating group) is 1. The van der Waals surface area contributed by atoms with Crippen LogP contribution in [0.2, 0.25) is 0 Å². The van der Waals surface area contributed by atoms with E-state index in [1.54, 1.807) is 21.3 Å². The minimum Gasteiger partial charge on any atom is -0.313 e. The minimum absolute atomic E-state index is 0.00159. The Hall–Kier alpha value is -3.48. The number of pyridine rings is 3. The summed E-state index contributed by atoms with van der Waals surface area (Å²) in [5.41, 5.74) is 3.69. The maximum atomic E-state index is 13.8. The minimum atomic E-state index is -4.44. The lowest BCUT2D eigenvalue weighted by atomic mass is 9.98. The van der Waals surface area contributed by atoms with Gasteiger partial charge in [-0.25, -0.2) is 0 Å². The van der Waals surface area contributed by atoms with Crippen LogP contribution in [0.15, 0.2) is 57.2 Å². The van der Waals surface area contributed by atoms with Gasteiger partial charge in [-0.1, -0.05) is 0 Å². The molecular formula is C37H51F3N6O3. The molecule has 9 nitrogen and oxygen atoms in total. The zero-order chi connectivity index (χ0) is 35.6. The normalized spacial score (nSPS) is 17.6. The molecule has 0 radical (unpaired) electrons. The van der Waals surface area contributed by atoms with Gasteiger partial charge in [0.1, 0.15) is 6.04 Å². The van der Waals surface area contributed by atoms with Crippen LogP contribution in [0, 0.1) is 0 Å². The van der Waals surface area contributed by atoms with Crippen LogP contribution >= 0.6 is 0 Å². The van der Waals surface area contributed by atoms with Gasteiger partial charge < -0.3 is 18.6 Å². The molecule has 1 saturated heterocycles. The standard InChI is InChI=1S/C37H51F3N6O3/c1-25(2)45-23-30(9-14-41(5)6)31(21-34(45)48)18-27(4)46-24-32-22-42(16-10-28(32)19-35(46)49)15-8-26(3)44-17-11-29(20-33(44)47)36(37(38,39)40)43-12-7-13-43/h11,17,19-21,23-27,36H,7-10,12-16,18,22H2,1-6H3. The lowest BCUT2D eigenvalue weighted by Crippen LogP contribution is -2.46. The quantitative estimate of drug-likeness (QED) is 0.253. The summed E-state index contributed by atoms with van der Waals surface area (Å²) in [6, 6.07) is 4.01. The Morgan fingerprint density at radius 3 is 2.12 bits per heavy atom. The smallest absolute Gasteiger partial charge is 0.313 e. The van der Waals surface area contributed by atoms with Gasteiger partial charge in [-0.3, -0.25) is 24.2 Å². The van der Waals surface area contributed by atoms with Gasteiger partial charge in [0.2, 0.25) is 0 Å². The van der Waals surface area contributed by atoms with Crippen LogP contribution < -0.4 is 16.7 Å². The van der Waals surface area contributed by atoms with Gasteiger partial charge in [0.05, 0.1) is 0 Å². The maximum absolute atomic E-state index is 13.8. The number of fused-ring (bicyclic) bond motifs is 1. The summed E-state index contributed by atoms with van der Waals surface area (Å²) in [6.07, 6.45) is 4.48. The molecule has 3 atom stereocenters. The van der Waals surface area contributed by atoms with E-state index in [0.29, 0.717) is 39.0 Å². The van der Waals surface area contributed by atoms with Gasteiger partial charge in [0.15, 0.2) is 0 Å². The summed E-state index contributed by atoms with van der Waals surface area (Å²) >= 11 is 0. The number of nitrogens with zero attached hydrogens (tertiary/aromatic N) is 6. The molecule has 49 heavy (non-hydrogen) atoms. The predicted molar refractivity (Wildman–Crippen MR) is 186 cm³/mol. The third-order valence-corrected chi connectivity index (χ3v) is 10.2. The van der Waals surface area contributed by atoms with Gasteiger partial charge in [-0.15, -0.1) is 0 Å². The fraction of sp³-hybridized carbons (Fsp3) is 0.595. The molecule has 5 rings (SSSR count). The average Bonchev–Trinajstić information content (AvgIpc) is 2.99. The Balaban J connectivity index is 1.26. The first-order chi connectivity index (χ1) is 23.1. The summed E-state index contributed by atoms with van der Waals surface area (Å²) in [6.45, 7) is 11.7. The zero-order valence-electron chi connectivity index (χ0n) is 29.7. The highest BCUT2D eigenvalue weighted by molar-refractivity contribution is 5.29. The number of likely N-dealkylation sites (tertiary alicyclic amines) is 1. The second-order valence-electron chi connectivity index (χ2n) is 14.5. The SMILES string of the molecule is CC(C)n1cc(CCN(C)C)c(CC(C)n2cc3c(cc2=O)CCN(CCC(C)n2ccc(C(N4CCC4)C(F)(F)F)cc2=O)C3)cc1=O. The number of hydrogen-bond donors (Lipinski definition) is 0. The fourth-order valence-corrected chi connectivity index (χ4v) is 7.10. The Bertz CT molecular complexity index is 1790. The summed E-state index contributed by atoms with van der Waals surface area (Å²) in [5, 5.41) is 0. The van der Waals surface area contributed by atoms with Crippen molar-refractivity contribution in [1.29, 1.82) is 0 Å². The van der Waals surface area contributed by atoms with Crippen molar-refractivity contribution in [2.75, 3.05) is 46.8 Å². The summed E-state index contributed by atoms with van der Waals surface area (Å²) in [5.74, 6) is 0. The molecule has 5 heterocycles. The molecule has 1 fully saturated rings. The van der Waals surface area contributed by atoms with Crippen LogP contribution in [0.1, 0.15) is 92.5 Å². The molecule has 0 bridgehead atoms.